The van der Waals surface area contributed by atoms with Crippen molar-refractivity contribution in [2.45, 2.75) is 0 Å². The second-order valence-electron chi connectivity index (χ2n) is 1.24. The quantitative estimate of drug-likeness (QED) is 0.417. The molecule has 0 aromatic rings. The van der Waals surface area contributed by atoms with Crippen LogP contribution in [0.25, 0.3) is 0 Å². The highest BCUT2D eigenvalue weighted by Crippen LogP contribution is 2.04. The predicted molar refractivity (Wildman–Crippen MR) is 29.6 cm³/mol. The lowest BCUT2D eigenvalue weighted by atomic mass is 10.5. The molecule has 1 radical (unpaired) electrons. The number of nitrogens with one attached hydrogen (secondary N) is 2. The van der Waals surface area contributed by atoms with Gasteiger partial charge >= 0.3 is 0 Å². The molecule has 0 saturated heterocycles. The number of hydrogen-bond acceptors (Lipinski definition) is 3. The van der Waals surface area contributed by atoms with Crippen LogP contribution >= 0.6 is 11.6 Å². The molecular formula is C4H4ClN2O. The fraction of sp³-hybridized carbons (Fsp3) is 0. The topological polar surface area (TPSA) is 44.3 Å². The maximum Gasteiger partial charge on any atom is 0.163 e. The first-order chi connectivity index (χ1) is 3.80. The van der Waals surface area contributed by atoms with E-state index in [1.165, 1.54) is 6.08 Å². The van der Waals surface area contributed by atoms with E-state index in [4.69, 9.17) is 16.7 Å². The molecule has 1 aliphatic heterocycles. The zero-order valence-electron chi connectivity index (χ0n) is 3.90. The third kappa shape index (κ3) is 0.869. The third-order valence-corrected chi connectivity index (χ3v) is 0.966. The van der Waals surface area contributed by atoms with E-state index < -0.39 is 0 Å². The molecule has 43 valence electrons. The maximum absolute atomic E-state index is 8.70. The van der Waals surface area contributed by atoms with E-state index in [-0.39, 0.29) is 10.9 Å². The van der Waals surface area contributed by atoms with Gasteiger partial charge in [0.2, 0.25) is 0 Å². The minimum atomic E-state index is -0.00887. The average molecular weight is 132 g/mol. The van der Waals surface area contributed by atoms with E-state index in [1.54, 1.807) is 0 Å². The molecule has 0 bridgehead atoms. The molecule has 1 heterocycles. The zero-order valence-corrected chi connectivity index (χ0v) is 4.66. The Morgan fingerprint density at radius 1 is 1.75 bits per heavy atom. The van der Waals surface area contributed by atoms with Gasteiger partial charge in [0.25, 0.3) is 0 Å². The minimum Gasteiger partial charge on any atom is -0.505 e. The Labute approximate surface area is 51.6 Å². The summed E-state index contributed by atoms with van der Waals surface area (Å²) in [5.41, 5.74) is 4.89. The summed E-state index contributed by atoms with van der Waals surface area (Å²) in [6, 6.07) is 0. The minimum absolute atomic E-state index is 0.00887. The lowest BCUT2D eigenvalue weighted by molar-refractivity contribution is 0.415. The summed E-state index contributed by atoms with van der Waals surface area (Å²) in [7, 11) is 0. The van der Waals surface area contributed by atoms with Crippen LogP contribution in [0.2, 0.25) is 0 Å². The summed E-state index contributed by atoms with van der Waals surface area (Å²) >= 11 is 5.35. The summed E-state index contributed by atoms with van der Waals surface area (Å²) in [4.78, 5) is 0. The molecule has 1 aliphatic rings. The molecule has 3 nitrogen and oxygen atoms in total. The molecule has 0 unspecified atom stereocenters. The van der Waals surface area contributed by atoms with E-state index >= 15 is 0 Å². The van der Waals surface area contributed by atoms with Crippen molar-refractivity contribution in [1.82, 2.24) is 10.9 Å². The Bertz CT molecular complexity index is 152. The number of aliphatic hydroxyl groups is 1. The van der Waals surface area contributed by atoms with Crippen molar-refractivity contribution in [2.24, 2.45) is 0 Å². The van der Waals surface area contributed by atoms with Gasteiger partial charge in [0.15, 0.2) is 10.9 Å². The monoisotopic (exact) mass is 131 g/mol. The molecule has 0 amide bonds. The van der Waals surface area contributed by atoms with Crippen molar-refractivity contribution < 1.29 is 5.11 Å². The van der Waals surface area contributed by atoms with Crippen molar-refractivity contribution in [1.29, 1.82) is 0 Å². The van der Waals surface area contributed by atoms with E-state index in [0.29, 0.717) is 0 Å². The summed E-state index contributed by atoms with van der Waals surface area (Å²) in [6.07, 6.45) is 3.82. The Hall–Kier alpha value is -0.830. The van der Waals surface area contributed by atoms with Gasteiger partial charge in [-0.15, -0.1) is 0 Å². The van der Waals surface area contributed by atoms with E-state index in [2.05, 4.69) is 17.1 Å². The summed E-state index contributed by atoms with van der Waals surface area (Å²) in [5.74, 6) is -0.00887. The van der Waals surface area contributed by atoms with Gasteiger partial charge in [-0.1, -0.05) is 11.6 Å². The fourth-order valence-electron chi connectivity index (χ4n) is 0.323. The molecule has 8 heavy (non-hydrogen) atoms. The third-order valence-electron chi connectivity index (χ3n) is 0.678. The number of allylic oxidation sites excluding steroid dienone is 1. The molecule has 3 N–H and O–H groups in total. The van der Waals surface area contributed by atoms with Crippen molar-refractivity contribution in [3.8, 4) is 0 Å². The van der Waals surface area contributed by atoms with Gasteiger partial charge in [0, 0.05) is 6.08 Å². The van der Waals surface area contributed by atoms with Gasteiger partial charge in [0.1, 0.15) is 0 Å². The normalized spacial score (nSPS) is 17.6. The van der Waals surface area contributed by atoms with Gasteiger partial charge in [-0.2, -0.15) is 0 Å². The van der Waals surface area contributed by atoms with Crippen molar-refractivity contribution in [3.05, 3.63) is 23.2 Å². The predicted octanol–water partition coefficient (Wildman–Crippen LogP) is 0.377. The maximum atomic E-state index is 8.70. The molecule has 0 aromatic heterocycles. The van der Waals surface area contributed by atoms with Crippen LogP contribution in [0.3, 0.4) is 0 Å². The van der Waals surface area contributed by atoms with Crippen LogP contribution in [-0.2, 0) is 0 Å². The van der Waals surface area contributed by atoms with Gasteiger partial charge in [0.05, 0.1) is 6.20 Å². The van der Waals surface area contributed by atoms with Gasteiger partial charge < -0.3 is 5.11 Å². The van der Waals surface area contributed by atoms with E-state index in [9.17, 15) is 0 Å². The highest BCUT2D eigenvalue weighted by atomic mass is 35.5. The second-order valence-corrected chi connectivity index (χ2v) is 1.62. The van der Waals surface area contributed by atoms with Crippen molar-refractivity contribution >= 4 is 11.6 Å². The van der Waals surface area contributed by atoms with Crippen LogP contribution in [0.4, 0.5) is 0 Å². The first-order valence-electron chi connectivity index (χ1n) is 1.99. The summed E-state index contributed by atoms with van der Waals surface area (Å²) in [5, 5.41) is 8.89. The highest BCUT2D eigenvalue weighted by molar-refractivity contribution is 6.29. The summed E-state index contributed by atoms with van der Waals surface area (Å²) in [6.45, 7) is 0. The van der Waals surface area contributed by atoms with Gasteiger partial charge in [-0.3, -0.25) is 10.9 Å². The highest BCUT2D eigenvalue weighted by Gasteiger charge is 2.00. The lowest BCUT2D eigenvalue weighted by Crippen LogP contribution is -2.27. The van der Waals surface area contributed by atoms with Crippen molar-refractivity contribution in [2.75, 3.05) is 0 Å². The van der Waals surface area contributed by atoms with Gasteiger partial charge in [-0.05, 0) is 0 Å². The zero-order chi connectivity index (χ0) is 5.98. The Morgan fingerprint density at radius 2 is 2.50 bits per heavy atom. The second kappa shape index (κ2) is 1.96. The lowest BCUT2D eigenvalue weighted by Gasteiger charge is -2.07. The van der Waals surface area contributed by atoms with Crippen LogP contribution in [0, 0.1) is 6.20 Å². The molecule has 4 heteroatoms. The van der Waals surface area contributed by atoms with E-state index in [0.717, 1.165) is 0 Å². The first kappa shape index (κ1) is 5.31. The van der Waals surface area contributed by atoms with Crippen LogP contribution < -0.4 is 10.9 Å². The van der Waals surface area contributed by atoms with Gasteiger partial charge in [-0.25, -0.2) is 0 Å². The molecule has 0 fully saturated rings. The largest absolute Gasteiger partial charge is 0.505 e. The number of aliphatic hydroxyl groups excluding tert-OH is 1. The number of rotatable bonds is 0. The number of hydrogen-bond donors (Lipinski definition) is 3. The van der Waals surface area contributed by atoms with E-state index in [1.807, 2.05) is 0 Å². The molecule has 0 saturated carbocycles. The van der Waals surface area contributed by atoms with Crippen LogP contribution in [0.15, 0.2) is 17.0 Å². The molecule has 0 spiro atoms. The molecule has 1 rings (SSSR count). The Balaban J connectivity index is 2.76. The average Bonchev–Trinajstić information content (AvgIpc) is 1.77. The van der Waals surface area contributed by atoms with Crippen LogP contribution in [0.5, 0.6) is 0 Å². The molecule has 0 aromatic carbocycles. The smallest absolute Gasteiger partial charge is 0.163 e. The standard InChI is InChI=1S/C4H4ClN2O/c5-4-3(8)1-2-6-7-4/h1,6-8H. The number of hydrazine groups is 1. The van der Waals surface area contributed by atoms with Crippen LogP contribution in [0.1, 0.15) is 0 Å². The number of halogens is 1. The van der Waals surface area contributed by atoms with Crippen LogP contribution in [-0.4, -0.2) is 5.11 Å². The fourth-order valence-corrected chi connectivity index (χ4v) is 0.425. The SMILES string of the molecule is OC1=C(Cl)NN[C]=C1. The molecule has 0 atom stereocenters. The first-order valence-corrected chi connectivity index (χ1v) is 2.37. The Kier molecular flexibility index (Phi) is 1.30. The molecule has 0 aliphatic carbocycles. The summed E-state index contributed by atoms with van der Waals surface area (Å²) < 4.78 is 0. The molecular weight excluding hydrogens is 128 g/mol. The Morgan fingerprint density at radius 3 is 2.88 bits per heavy atom. The van der Waals surface area contributed by atoms with Crippen molar-refractivity contribution in [3.63, 3.8) is 0 Å².